The molecule has 0 bridgehead atoms. The highest BCUT2D eigenvalue weighted by atomic mass is 16.5. The Labute approximate surface area is 183 Å². The van der Waals surface area contributed by atoms with E-state index in [1.54, 1.807) is 7.11 Å². The Morgan fingerprint density at radius 1 is 1.23 bits per heavy atom. The third kappa shape index (κ3) is 3.81. The zero-order valence-electron chi connectivity index (χ0n) is 18.3. The fourth-order valence-corrected chi connectivity index (χ4v) is 4.83. The first-order valence-electron chi connectivity index (χ1n) is 11.2. The van der Waals surface area contributed by atoms with Crippen LogP contribution in [0.1, 0.15) is 48.5 Å². The van der Waals surface area contributed by atoms with Gasteiger partial charge in [-0.2, -0.15) is 5.10 Å². The SMILES string of the molecule is COc1cccc(C(CN2CCCC2)NC(=O)C2(c3ccc4[nH]nc(C)c4c3)CC2)c1. The molecule has 1 aliphatic carbocycles. The fourth-order valence-electron chi connectivity index (χ4n) is 4.83. The Kier molecular flexibility index (Phi) is 5.18. The second-order valence-electron chi connectivity index (χ2n) is 8.96. The predicted molar refractivity (Wildman–Crippen MR) is 121 cm³/mol. The number of hydrogen-bond acceptors (Lipinski definition) is 4. The standard InChI is InChI=1S/C25H30N4O2/c1-17-21-15-19(8-9-22(21)28-27-17)25(10-11-25)24(30)26-23(16-29-12-3-4-13-29)18-6-5-7-20(14-18)31-2/h5-9,14-15,23H,3-4,10-13,16H2,1-2H3,(H,26,30)(H,27,28). The van der Waals surface area contributed by atoms with E-state index in [9.17, 15) is 4.79 Å². The van der Waals surface area contributed by atoms with E-state index in [1.807, 2.05) is 31.2 Å². The molecular weight excluding hydrogens is 388 g/mol. The number of carbonyl (C=O) groups excluding carboxylic acids is 1. The van der Waals surface area contributed by atoms with Gasteiger partial charge in [0.1, 0.15) is 5.75 Å². The number of nitrogens with zero attached hydrogens (tertiary/aromatic N) is 2. The number of amides is 1. The normalized spacial score (nSPS) is 18.8. The molecule has 1 aromatic heterocycles. The average Bonchev–Trinajstić information content (AvgIpc) is 3.30. The molecule has 6 nitrogen and oxygen atoms in total. The van der Waals surface area contributed by atoms with Crippen molar-refractivity contribution in [1.29, 1.82) is 0 Å². The molecule has 1 saturated carbocycles. The van der Waals surface area contributed by atoms with Gasteiger partial charge in [0.05, 0.1) is 29.8 Å². The topological polar surface area (TPSA) is 70.2 Å². The van der Waals surface area contributed by atoms with Gasteiger partial charge in [0.2, 0.25) is 5.91 Å². The van der Waals surface area contributed by atoms with Crippen LogP contribution >= 0.6 is 0 Å². The van der Waals surface area contributed by atoms with Gasteiger partial charge in [-0.3, -0.25) is 9.89 Å². The molecule has 1 unspecified atom stereocenters. The van der Waals surface area contributed by atoms with Gasteiger partial charge in [-0.1, -0.05) is 18.2 Å². The first-order valence-corrected chi connectivity index (χ1v) is 11.2. The third-order valence-electron chi connectivity index (χ3n) is 6.93. The first-order chi connectivity index (χ1) is 15.1. The van der Waals surface area contributed by atoms with E-state index in [2.05, 4.69) is 38.6 Å². The highest BCUT2D eigenvalue weighted by Crippen LogP contribution is 2.49. The van der Waals surface area contributed by atoms with E-state index in [0.29, 0.717) is 0 Å². The Bertz CT molecular complexity index is 1100. The summed E-state index contributed by atoms with van der Waals surface area (Å²) in [6.45, 7) is 5.02. The molecule has 2 heterocycles. The summed E-state index contributed by atoms with van der Waals surface area (Å²) >= 11 is 0. The maximum Gasteiger partial charge on any atom is 0.231 e. The quantitative estimate of drug-likeness (QED) is 0.611. The van der Waals surface area contributed by atoms with Crippen LogP contribution in [0.3, 0.4) is 0 Å². The van der Waals surface area contributed by atoms with Crippen LogP contribution in [-0.2, 0) is 10.2 Å². The molecule has 2 aliphatic rings. The molecule has 31 heavy (non-hydrogen) atoms. The van der Waals surface area contributed by atoms with Crippen LogP contribution in [0.5, 0.6) is 5.75 Å². The van der Waals surface area contributed by atoms with Crippen molar-refractivity contribution in [2.75, 3.05) is 26.7 Å². The van der Waals surface area contributed by atoms with Crippen LogP contribution in [0.25, 0.3) is 10.9 Å². The van der Waals surface area contributed by atoms with E-state index in [0.717, 1.165) is 65.9 Å². The molecular formula is C25H30N4O2. The molecule has 1 amide bonds. The molecule has 0 radical (unpaired) electrons. The van der Waals surface area contributed by atoms with Crippen LogP contribution in [0.2, 0.25) is 0 Å². The maximum atomic E-state index is 13.6. The summed E-state index contributed by atoms with van der Waals surface area (Å²) in [5.41, 5.74) is 3.74. The van der Waals surface area contributed by atoms with Crippen LogP contribution in [0.15, 0.2) is 42.5 Å². The van der Waals surface area contributed by atoms with Gasteiger partial charge >= 0.3 is 0 Å². The van der Waals surface area contributed by atoms with Crippen LogP contribution < -0.4 is 10.1 Å². The molecule has 1 aliphatic heterocycles. The Morgan fingerprint density at radius 2 is 2.03 bits per heavy atom. The molecule has 2 aromatic carbocycles. The monoisotopic (exact) mass is 418 g/mol. The van der Waals surface area contributed by atoms with Crippen molar-refractivity contribution in [3.63, 3.8) is 0 Å². The van der Waals surface area contributed by atoms with E-state index in [1.165, 1.54) is 12.8 Å². The molecule has 1 atom stereocenters. The zero-order chi connectivity index (χ0) is 21.4. The van der Waals surface area contributed by atoms with Gasteiger partial charge in [0, 0.05) is 11.9 Å². The summed E-state index contributed by atoms with van der Waals surface area (Å²) in [7, 11) is 1.68. The Morgan fingerprint density at radius 3 is 2.77 bits per heavy atom. The van der Waals surface area contributed by atoms with Gasteiger partial charge in [-0.25, -0.2) is 0 Å². The summed E-state index contributed by atoms with van der Waals surface area (Å²) in [4.78, 5) is 16.1. The second kappa shape index (κ2) is 8.00. The molecule has 162 valence electrons. The molecule has 2 N–H and O–H groups in total. The van der Waals surface area contributed by atoms with Crippen molar-refractivity contribution in [2.24, 2.45) is 0 Å². The van der Waals surface area contributed by atoms with Crippen molar-refractivity contribution in [3.8, 4) is 5.75 Å². The minimum absolute atomic E-state index is 0.0578. The van der Waals surface area contributed by atoms with Gasteiger partial charge in [-0.05, 0) is 81.1 Å². The van der Waals surface area contributed by atoms with Crippen LogP contribution in [0.4, 0.5) is 0 Å². The van der Waals surface area contributed by atoms with E-state index in [-0.39, 0.29) is 11.9 Å². The van der Waals surface area contributed by atoms with Gasteiger partial charge in [-0.15, -0.1) is 0 Å². The number of rotatable bonds is 7. The number of ether oxygens (including phenoxy) is 1. The average molecular weight is 419 g/mol. The van der Waals surface area contributed by atoms with Gasteiger partial charge < -0.3 is 15.0 Å². The molecule has 6 heteroatoms. The lowest BCUT2D eigenvalue weighted by Gasteiger charge is -2.27. The number of methoxy groups -OCH3 is 1. The number of nitrogens with one attached hydrogen (secondary N) is 2. The van der Waals surface area contributed by atoms with Crippen molar-refractivity contribution < 1.29 is 9.53 Å². The Balaban J connectivity index is 1.41. The summed E-state index contributed by atoms with van der Waals surface area (Å²) < 4.78 is 5.44. The number of likely N-dealkylation sites (tertiary alicyclic amines) is 1. The fraction of sp³-hybridized carbons (Fsp3) is 0.440. The number of fused-ring (bicyclic) bond motifs is 1. The highest BCUT2D eigenvalue weighted by Gasteiger charge is 2.51. The maximum absolute atomic E-state index is 13.6. The lowest BCUT2D eigenvalue weighted by atomic mass is 9.92. The lowest BCUT2D eigenvalue weighted by molar-refractivity contribution is -0.124. The molecule has 0 spiro atoms. The van der Waals surface area contributed by atoms with E-state index in [4.69, 9.17) is 4.74 Å². The molecule has 5 rings (SSSR count). The van der Waals surface area contributed by atoms with Crippen molar-refractivity contribution in [2.45, 2.75) is 44.1 Å². The first kappa shape index (κ1) is 20.1. The number of hydrogen-bond donors (Lipinski definition) is 2. The number of aromatic amines is 1. The van der Waals surface area contributed by atoms with Crippen molar-refractivity contribution in [3.05, 3.63) is 59.3 Å². The number of aromatic nitrogens is 2. The van der Waals surface area contributed by atoms with Crippen molar-refractivity contribution >= 4 is 16.8 Å². The van der Waals surface area contributed by atoms with Crippen molar-refractivity contribution in [1.82, 2.24) is 20.4 Å². The number of carbonyl (C=O) groups is 1. The second-order valence-corrected chi connectivity index (χ2v) is 8.96. The summed E-state index contributed by atoms with van der Waals surface area (Å²) in [5.74, 6) is 0.945. The molecule has 1 saturated heterocycles. The predicted octanol–water partition coefficient (Wildman–Crippen LogP) is 3.86. The molecule has 2 fully saturated rings. The van der Waals surface area contributed by atoms with Gasteiger partial charge in [0.25, 0.3) is 0 Å². The lowest BCUT2D eigenvalue weighted by Crippen LogP contribution is -2.41. The Hall–Kier alpha value is -2.86. The number of benzene rings is 2. The highest BCUT2D eigenvalue weighted by molar-refractivity contribution is 5.93. The summed E-state index contributed by atoms with van der Waals surface area (Å²) in [6, 6.07) is 14.3. The number of H-pyrrole nitrogens is 1. The smallest absolute Gasteiger partial charge is 0.231 e. The summed E-state index contributed by atoms with van der Waals surface area (Å²) in [6.07, 6.45) is 4.23. The zero-order valence-corrected chi connectivity index (χ0v) is 18.3. The minimum atomic E-state index is -0.431. The van der Waals surface area contributed by atoms with Gasteiger partial charge in [0.15, 0.2) is 0 Å². The number of aryl methyl sites for hydroxylation is 1. The van der Waals surface area contributed by atoms with E-state index >= 15 is 0 Å². The summed E-state index contributed by atoms with van der Waals surface area (Å²) in [5, 5.41) is 11.9. The molecule has 3 aromatic rings. The third-order valence-corrected chi connectivity index (χ3v) is 6.93. The van der Waals surface area contributed by atoms with E-state index < -0.39 is 5.41 Å². The van der Waals surface area contributed by atoms with Crippen LogP contribution in [0, 0.1) is 6.92 Å². The largest absolute Gasteiger partial charge is 0.497 e. The van der Waals surface area contributed by atoms with Crippen LogP contribution in [-0.4, -0.2) is 47.7 Å². The minimum Gasteiger partial charge on any atom is -0.497 e.